The molecule has 0 heterocycles. The molecule has 13 heteroatoms. The van der Waals surface area contributed by atoms with Gasteiger partial charge in [0.1, 0.15) is 0 Å². The lowest BCUT2D eigenvalue weighted by atomic mass is 9.96. The van der Waals surface area contributed by atoms with Gasteiger partial charge in [0.2, 0.25) is 0 Å². The Morgan fingerprint density at radius 1 is 0.200 bits per heavy atom. The van der Waals surface area contributed by atoms with Crippen LogP contribution in [0.2, 0.25) is 0 Å². The molecule has 0 aliphatic heterocycles. The van der Waals surface area contributed by atoms with Crippen molar-refractivity contribution in [1.82, 2.24) is 0 Å². The summed E-state index contributed by atoms with van der Waals surface area (Å²) in [5, 5.41) is 59.5. The summed E-state index contributed by atoms with van der Waals surface area (Å²) < 4.78 is 0. The first-order chi connectivity index (χ1) is 41.1. The first-order valence-corrected chi connectivity index (χ1v) is 36.1. The van der Waals surface area contributed by atoms with Gasteiger partial charge in [0.25, 0.3) is 0 Å². The van der Waals surface area contributed by atoms with Gasteiger partial charge in [0.15, 0.2) is 5.60 Å². The molecule has 0 rings (SSSR count). The second-order valence-electron chi connectivity index (χ2n) is 25.0. The van der Waals surface area contributed by atoms with E-state index in [1.54, 1.807) is 0 Å². The van der Waals surface area contributed by atoms with Crippen LogP contribution in [0, 0.1) is 0 Å². The van der Waals surface area contributed by atoms with Gasteiger partial charge in [-0.3, -0.25) is 24.0 Å². The molecular weight excluding hydrogens is 1070 g/mol. The molecular formula is C72H140O13. The van der Waals surface area contributed by atoms with Crippen molar-refractivity contribution < 1.29 is 64.5 Å². The minimum Gasteiger partial charge on any atom is -0.481 e. The number of carbonyl (C=O) groups is 6. The van der Waals surface area contributed by atoms with Crippen LogP contribution in [0.3, 0.4) is 0 Å². The van der Waals surface area contributed by atoms with Crippen molar-refractivity contribution in [2.24, 2.45) is 0 Å². The van der Waals surface area contributed by atoms with Gasteiger partial charge < -0.3 is 35.7 Å². The molecule has 0 aromatic heterocycles. The van der Waals surface area contributed by atoms with Crippen LogP contribution in [-0.4, -0.2) is 77.2 Å². The molecule has 0 radical (unpaired) electrons. The molecule has 85 heavy (non-hydrogen) atoms. The van der Waals surface area contributed by atoms with E-state index in [4.69, 9.17) is 35.7 Å². The molecule has 0 aromatic carbocycles. The first-order valence-electron chi connectivity index (χ1n) is 36.1. The number of hydrogen-bond donors (Lipinski definition) is 7. The molecule has 0 aliphatic rings. The molecule has 13 nitrogen and oxygen atoms in total. The molecule has 0 aromatic rings. The summed E-state index contributed by atoms with van der Waals surface area (Å²) in [6.07, 6.45) is 76.0. The maximum Gasteiger partial charge on any atom is 0.336 e. The van der Waals surface area contributed by atoms with Crippen molar-refractivity contribution in [3.8, 4) is 0 Å². The van der Waals surface area contributed by atoms with Crippen molar-refractivity contribution in [1.29, 1.82) is 0 Å². The maximum atomic E-state index is 10.4. The van der Waals surface area contributed by atoms with E-state index >= 15 is 0 Å². The van der Waals surface area contributed by atoms with Gasteiger partial charge in [0.05, 0.1) is 12.8 Å². The fourth-order valence-electron chi connectivity index (χ4n) is 10.8. The average molecular weight is 1210 g/mol. The SMILES string of the molecule is CCCCCCCCCCCCCCCCCCCCCC(=O)O.CCCCCCCCCCCCCCCCCCCCCC(=O)O.CCCCCCCCCCCCCCCCCCCCCC(=O)O.O=C(O)CC(O)(CC(=O)O)C(=O)O. The Morgan fingerprint density at radius 2 is 0.318 bits per heavy atom. The van der Waals surface area contributed by atoms with E-state index in [1.807, 2.05) is 0 Å². The minimum atomic E-state index is -2.74. The van der Waals surface area contributed by atoms with Crippen molar-refractivity contribution in [2.45, 2.75) is 424 Å². The summed E-state index contributed by atoms with van der Waals surface area (Å²) in [5.41, 5.74) is -2.74. The topological polar surface area (TPSA) is 244 Å². The molecule has 7 N–H and O–H groups in total. The lowest BCUT2D eigenvalue weighted by molar-refractivity contribution is -0.170. The second-order valence-corrected chi connectivity index (χ2v) is 25.0. The molecule has 0 aliphatic carbocycles. The van der Waals surface area contributed by atoms with Gasteiger partial charge in [-0.25, -0.2) is 4.79 Å². The lowest BCUT2D eigenvalue weighted by Crippen LogP contribution is -2.42. The third kappa shape index (κ3) is 87.3. The minimum absolute atomic E-state index is 0.346. The van der Waals surface area contributed by atoms with Crippen molar-refractivity contribution >= 4 is 35.8 Å². The second kappa shape index (κ2) is 75.0. The summed E-state index contributed by atoms with van der Waals surface area (Å²) in [7, 11) is 0. The van der Waals surface area contributed by atoms with Crippen molar-refractivity contribution in [3.05, 3.63) is 0 Å². The maximum absolute atomic E-state index is 10.4. The van der Waals surface area contributed by atoms with E-state index in [-0.39, 0.29) is 0 Å². The standard InChI is InChI=1S/3C22H44O2.C6H8O7/c3*1-2-3-4-5-6-7-8-9-10-11-12-13-14-15-16-17-18-19-20-21-22(23)24;7-3(8)1-6(13,5(11)12)2-4(9)10/h3*2-21H2,1H3,(H,23,24);13H,1-2H2,(H,7,8)(H,9,10)(H,11,12). The number of carboxylic acids is 6. The number of aliphatic hydroxyl groups is 1. The Labute approximate surface area is 522 Å². The summed E-state index contributed by atoms with van der Waals surface area (Å²) in [5.74, 6) is -6.97. The zero-order valence-corrected chi connectivity index (χ0v) is 55.9. The number of unbranched alkanes of at least 4 members (excludes halogenated alkanes) is 54. The van der Waals surface area contributed by atoms with E-state index in [9.17, 15) is 28.8 Å². The molecule has 0 unspecified atom stereocenters. The fourth-order valence-corrected chi connectivity index (χ4v) is 10.8. The summed E-state index contributed by atoms with van der Waals surface area (Å²) in [6.45, 7) is 6.85. The third-order valence-corrected chi connectivity index (χ3v) is 16.3. The molecule has 506 valence electrons. The normalized spacial score (nSPS) is 11.0. The van der Waals surface area contributed by atoms with E-state index in [1.165, 1.54) is 327 Å². The Kier molecular flexibility index (Phi) is 77.9. The molecule has 0 fully saturated rings. The number of rotatable bonds is 65. The quantitative estimate of drug-likeness (QED) is 0.0281. The molecule has 0 saturated carbocycles. The first kappa shape index (κ1) is 88.2. The van der Waals surface area contributed by atoms with Crippen molar-refractivity contribution in [3.63, 3.8) is 0 Å². The Bertz CT molecular complexity index is 1280. The van der Waals surface area contributed by atoms with Gasteiger partial charge in [0, 0.05) is 19.3 Å². The summed E-state index contributed by atoms with van der Waals surface area (Å²) in [6, 6.07) is 0. The zero-order chi connectivity index (χ0) is 63.8. The lowest BCUT2D eigenvalue weighted by Gasteiger charge is -2.18. The van der Waals surface area contributed by atoms with Crippen LogP contribution in [-0.2, 0) is 28.8 Å². The monoisotopic (exact) mass is 1210 g/mol. The average Bonchev–Trinajstić information content (AvgIpc) is 3.55. The molecule has 0 spiro atoms. The summed E-state index contributed by atoms with van der Waals surface area (Å²) >= 11 is 0. The number of aliphatic carboxylic acids is 6. The highest BCUT2D eigenvalue weighted by Crippen LogP contribution is 2.20. The van der Waals surface area contributed by atoms with Gasteiger partial charge >= 0.3 is 35.8 Å². The van der Waals surface area contributed by atoms with Crippen LogP contribution in [0.1, 0.15) is 419 Å². The van der Waals surface area contributed by atoms with E-state index < -0.39 is 54.3 Å². The highest BCUT2D eigenvalue weighted by Gasteiger charge is 2.40. The molecule has 0 amide bonds. The smallest absolute Gasteiger partial charge is 0.336 e. The van der Waals surface area contributed by atoms with Gasteiger partial charge in [-0.2, -0.15) is 0 Å². The molecule has 0 atom stereocenters. The van der Waals surface area contributed by atoms with Crippen LogP contribution in [0.25, 0.3) is 0 Å². The van der Waals surface area contributed by atoms with Crippen molar-refractivity contribution in [2.75, 3.05) is 0 Å². The largest absolute Gasteiger partial charge is 0.481 e. The highest BCUT2D eigenvalue weighted by molar-refractivity contribution is 5.88. The predicted octanol–water partition coefficient (Wildman–Crippen LogP) is 22.4. The van der Waals surface area contributed by atoms with Crippen LogP contribution >= 0.6 is 0 Å². The van der Waals surface area contributed by atoms with E-state index in [0.717, 1.165) is 38.5 Å². The Morgan fingerprint density at radius 3 is 0.412 bits per heavy atom. The van der Waals surface area contributed by atoms with Crippen LogP contribution in [0.4, 0.5) is 0 Å². The number of carboxylic acid groups (broad SMARTS) is 6. The predicted molar refractivity (Wildman–Crippen MR) is 354 cm³/mol. The van der Waals surface area contributed by atoms with Crippen LogP contribution in [0.5, 0.6) is 0 Å². The third-order valence-electron chi connectivity index (χ3n) is 16.3. The molecule has 0 saturated heterocycles. The fraction of sp³-hybridized carbons (Fsp3) is 0.917. The zero-order valence-electron chi connectivity index (χ0n) is 55.9. The van der Waals surface area contributed by atoms with E-state index in [2.05, 4.69) is 20.8 Å². The Balaban J connectivity index is -0.000000526. The van der Waals surface area contributed by atoms with Gasteiger partial charge in [-0.05, 0) is 19.3 Å². The van der Waals surface area contributed by atoms with Gasteiger partial charge in [-0.1, -0.05) is 367 Å². The highest BCUT2D eigenvalue weighted by atomic mass is 16.4. The van der Waals surface area contributed by atoms with Crippen LogP contribution < -0.4 is 0 Å². The number of hydrogen-bond acceptors (Lipinski definition) is 7. The van der Waals surface area contributed by atoms with Crippen LogP contribution in [0.15, 0.2) is 0 Å². The van der Waals surface area contributed by atoms with Gasteiger partial charge in [-0.15, -0.1) is 0 Å². The molecule has 0 bridgehead atoms. The Hall–Kier alpha value is -3.22. The summed E-state index contributed by atoms with van der Waals surface area (Å²) in [4.78, 5) is 61.6. The van der Waals surface area contributed by atoms with E-state index in [0.29, 0.717) is 19.3 Å².